The van der Waals surface area contributed by atoms with E-state index in [1.807, 2.05) is 48.8 Å². The lowest BCUT2D eigenvalue weighted by Gasteiger charge is -2.38. The van der Waals surface area contributed by atoms with Gasteiger partial charge >= 0.3 is 0 Å². The van der Waals surface area contributed by atoms with Crippen molar-refractivity contribution in [2.24, 2.45) is 0 Å². The Morgan fingerprint density at radius 3 is 2.55 bits per heavy atom. The first-order valence-electron chi connectivity index (χ1n) is 11.3. The molecule has 6 rings (SSSR count). The van der Waals surface area contributed by atoms with Gasteiger partial charge in [0.15, 0.2) is 30.0 Å². The molecular formula is C25H24F2N6+2. The number of aromatic nitrogens is 6. The Morgan fingerprint density at radius 2 is 1.76 bits per heavy atom. The molecule has 5 heterocycles. The van der Waals surface area contributed by atoms with Crippen molar-refractivity contribution >= 4 is 0 Å². The van der Waals surface area contributed by atoms with E-state index in [0.717, 1.165) is 30.3 Å². The SMILES string of the molecule is CCC1(CC)CC2(C[n+]3ccccc3-c3nnnn32)c2cc(F)cc(F)c2-c2cccc[n+]21. The minimum absolute atomic E-state index is 0.353. The van der Waals surface area contributed by atoms with Gasteiger partial charge in [-0.1, -0.05) is 13.8 Å². The highest BCUT2D eigenvalue weighted by molar-refractivity contribution is 5.66. The van der Waals surface area contributed by atoms with E-state index in [0.29, 0.717) is 29.9 Å². The van der Waals surface area contributed by atoms with E-state index in [9.17, 15) is 4.39 Å². The smallest absolute Gasteiger partial charge is 0.207 e. The number of pyridine rings is 2. The predicted octanol–water partition coefficient (Wildman–Crippen LogP) is 3.54. The Morgan fingerprint density at radius 1 is 1.00 bits per heavy atom. The third kappa shape index (κ3) is 2.60. The molecule has 0 radical (unpaired) electrons. The van der Waals surface area contributed by atoms with Gasteiger partial charge in [-0.2, -0.15) is 9.13 Å². The van der Waals surface area contributed by atoms with Crippen LogP contribution < -0.4 is 9.13 Å². The maximum absolute atomic E-state index is 15.7. The van der Waals surface area contributed by atoms with Crippen molar-refractivity contribution in [2.75, 3.05) is 0 Å². The van der Waals surface area contributed by atoms with Gasteiger partial charge in [-0.15, -0.1) is 5.10 Å². The zero-order chi connectivity index (χ0) is 22.8. The number of nitrogens with zero attached hydrogens (tertiary/aromatic N) is 6. The van der Waals surface area contributed by atoms with E-state index in [4.69, 9.17) is 0 Å². The van der Waals surface area contributed by atoms with Crippen LogP contribution in [0.1, 0.15) is 38.7 Å². The monoisotopic (exact) mass is 446 g/mol. The number of fused-ring (bicyclic) bond motifs is 8. The standard InChI is InChI=1S/C25H24F2N6/c1-3-24(4-2)15-25(16-31-11-7-5-10-21(31)23-28-29-30-33(23)25)18-13-17(26)14-19(27)22(18)20-9-6-8-12-32(20)24/h5-14H,3-4,15-16H2,1-2H3/q+2. The third-order valence-electron chi connectivity index (χ3n) is 7.60. The molecule has 33 heavy (non-hydrogen) atoms. The van der Waals surface area contributed by atoms with Crippen molar-refractivity contribution in [1.82, 2.24) is 20.2 Å². The van der Waals surface area contributed by atoms with Crippen LogP contribution in [-0.4, -0.2) is 20.2 Å². The van der Waals surface area contributed by atoms with Gasteiger partial charge in [0.25, 0.3) is 5.69 Å². The number of hydrogen-bond acceptors (Lipinski definition) is 3. The Labute approximate surface area is 190 Å². The average molecular weight is 447 g/mol. The fraction of sp³-hybridized carbons (Fsp3) is 0.320. The molecule has 0 aliphatic carbocycles. The lowest BCUT2D eigenvalue weighted by molar-refractivity contribution is -0.761. The van der Waals surface area contributed by atoms with Gasteiger partial charge in [-0.25, -0.2) is 13.5 Å². The quantitative estimate of drug-likeness (QED) is 0.443. The summed E-state index contributed by atoms with van der Waals surface area (Å²) in [5.74, 6) is -0.590. The average Bonchev–Trinajstić information content (AvgIpc) is 3.30. The van der Waals surface area contributed by atoms with Gasteiger partial charge in [-0.3, -0.25) is 0 Å². The Hall–Kier alpha value is -3.55. The maximum Gasteiger partial charge on any atom is 0.252 e. The zero-order valence-electron chi connectivity index (χ0n) is 18.5. The molecule has 1 atom stereocenters. The van der Waals surface area contributed by atoms with Gasteiger partial charge in [0.1, 0.15) is 11.6 Å². The van der Waals surface area contributed by atoms with E-state index in [1.165, 1.54) is 6.07 Å². The normalized spacial score (nSPS) is 19.9. The number of benzene rings is 1. The van der Waals surface area contributed by atoms with Crippen LogP contribution >= 0.6 is 0 Å². The highest BCUT2D eigenvalue weighted by atomic mass is 19.1. The molecule has 0 saturated heterocycles. The molecule has 8 heteroatoms. The van der Waals surface area contributed by atoms with Crippen LogP contribution in [0.2, 0.25) is 0 Å². The lowest BCUT2D eigenvalue weighted by atomic mass is 9.74. The van der Waals surface area contributed by atoms with Gasteiger partial charge in [0.05, 0.1) is 5.56 Å². The first-order chi connectivity index (χ1) is 16.0. The molecule has 0 fully saturated rings. The van der Waals surface area contributed by atoms with Gasteiger partial charge in [0, 0.05) is 55.2 Å². The molecule has 2 aliphatic rings. The second-order valence-electron chi connectivity index (χ2n) is 9.03. The highest BCUT2D eigenvalue weighted by Crippen LogP contribution is 2.48. The van der Waals surface area contributed by atoms with Crippen molar-refractivity contribution in [1.29, 1.82) is 0 Å². The van der Waals surface area contributed by atoms with Crippen LogP contribution in [0.15, 0.2) is 60.9 Å². The third-order valence-corrected chi connectivity index (χ3v) is 7.60. The predicted molar refractivity (Wildman–Crippen MR) is 116 cm³/mol. The summed E-state index contributed by atoms with van der Waals surface area (Å²) in [6.45, 7) is 4.77. The molecule has 0 N–H and O–H groups in total. The van der Waals surface area contributed by atoms with Crippen molar-refractivity contribution in [2.45, 2.75) is 50.7 Å². The molecular weight excluding hydrogens is 422 g/mol. The molecule has 2 aliphatic heterocycles. The Balaban J connectivity index is 1.77. The van der Waals surface area contributed by atoms with Crippen LogP contribution in [0, 0.1) is 11.6 Å². The minimum atomic E-state index is -0.881. The summed E-state index contributed by atoms with van der Waals surface area (Å²) in [5, 5.41) is 12.8. The summed E-state index contributed by atoms with van der Waals surface area (Å²) in [6, 6.07) is 14.1. The summed E-state index contributed by atoms with van der Waals surface area (Å²) < 4.78 is 36.6. The summed E-state index contributed by atoms with van der Waals surface area (Å²) in [7, 11) is 0. The Bertz CT molecular complexity index is 1390. The van der Waals surface area contributed by atoms with E-state index in [1.54, 1.807) is 4.68 Å². The molecule has 0 bridgehead atoms. The van der Waals surface area contributed by atoms with Gasteiger partial charge in [-0.05, 0) is 28.6 Å². The summed E-state index contributed by atoms with van der Waals surface area (Å²) in [6.07, 6.45) is 6.21. The van der Waals surface area contributed by atoms with Crippen molar-refractivity contribution in [3.05, 3.63) is 78.1 Å². The van der Waals surface area contributed by atoms with Crippen molar-refractivity contribution in [3.63, 3.8) is 0 Å². The molecule has 1 unspecified atom stereocenters. The largest absolute Gasteiger partial charge is 0.252 e. The van der Waals surface area contributed by atoms with Gasteiger partial charge < -0.3 is 0 Å². The molecule has 4 aromatic rings. The Kier molecular flexibility index (Phi) is 4.24. The lowest BCUT2D eigenvalue weighted by Crippen LogP contribution is -2.62. The number of rotatable bonds is 2. The summed E-state index contributed by atoms with van der Waals surface area (Å²) in [5.41, 5.74) is 1.35. The van der Waals surface area contributed by atoms with Crippen LogP contribution in [0.25, 0.3) is 22.8 Å². The number of tetrazole rings is 1. The van der Waals surface area contributed by atoms with E-state index in [2.05, 4.69) is 38.5 Å². The van der Waals surface area contributed by atoms with E-state index < -0.39 is 17.2 Å². The molecule has 166 valence electrons. The second kappa shape index (κ2) is 6.97. The first kappa shape index (κ1) is 20.1. The molecule has 0 amide bonds. The second-order valence-corrected chi connectivity index (χ2v) is 9.03. The molecule has 1 aromatic carbocycles. The van der Waals surface area contributed by atoms with Crippen LogP contribution in [0.4, 0.5) is 8.78 Å². The molecule has 0 saturated carbocycles. The fourth-order valence-electron chi connectivity index (χ4n) is 5.96. The molecule has 1 spiro atoms. The fourth-order valence-corrected chi connectivity index (χ4v) is 5.96. The zero-order valence-corrected chi connectivity index (χ0v) is 18.5. The van der Waals surface area contributed by atoms with Crippen LogP contribution in [0.3, 0.4) is 0 Å². The van der Waals surface area contributed by atoms with Crippen molar-refractivity contribution in [3.8, 4) is 22.8 Å². The van der Waals surface area contributed by atoms with Crippen LogP contribution in [-0.2, 0) is 17.6 Å². The first-order valence-corrected chi connectivity index (χ1v) is 11.3. The van der Waals surface area contributed by atoms with E-state index >= 15 is 4.39 Å². The minimum Gasteiger partial charge on any atom is -0.207 e. The number of halogens is 2. The van der Waals surface area contributed by atoms with Crippen LogP contribution in [0.5, 0.6) is 0 Å². The number of hydrogen-bond donors (Lipinski definition) is 0. The highest BCUT2D eigenvalue weighted by Gasteiger charge is 2.58. The van der Waals surface area contributed by atoms with E-state index in [-0.39, 0.29) is 5.54 Å². The molecule has 3 aromatic heterocycles. The topological polar surface area (TPSA) is 51.4 Å². The maximum atomic E-state index is 15.7. The summed E-state index contributed by atoms with van der Waals surface area (Å²) in [4.78, 5) is 0. The van der Waals surface area contributed by atoms with Gasteiger partial charge in [0.2, 0.25) is 11.5 Å². The summed E-state index contributed by atoms with van der Waals surface area (Å²) >= 11 is 0. The van der Waals surface area contributed by atoms with Crippen molar-refractivity contribution < 1.29 is 17.9 Å². The molecule has 6 nitrogen and oxygen atoms in total.